The Bertz CT molecular complexity index is 904. The highest BCUT2D eigenvalue weighted by Crippen LogP contribution is 2.25. The number of rotatable bonds is 6. The van der Waals surface area contributed by atoms with E-state index < -0.39 is 0 Å². The first-order valence-corrected chi connectivity index (χ1v) is 8.85. The van der Waals surface area contributed by atoms with Crippen LogP contribution in [0.1, 0.15) is 22.3 Å². The fraction of sp³-hybridized carbons (Fsp3) is 0.200. The van der Waals surface area contributed by atoms with Gasteiger partial charge in [-0.1, -0.05) is 35.9 Å². The average molecular weight is 334 g/mol. The van der Waals surface area contributed by atoms with Gasteiger partial charge in [0.05, 0.1) is 18.2 Å². The summed E-state index contributed by atoms with van der Waals surface area (Å²) in [5.41, 5.74) is 2.96. The van der Waals surface area contributed by atoms with Gasteiger partial charge in [-0.05, 0) is 25.1 Å². The summed E-state index contributed by atoms with van der Waals surface area (Å²) in [5, 5.41) is 9.77. The zero-order chi connectivity index (χ0) is 16.9. The molecule has 2 aromatic carbocycles. The number of hydrogen-bond donors (Lipinski definition) is 0. The van der Waals surface area contributed by atoms with E-state index in [0.717, 1.165) is 21.4 Å². The van der Waals surface area contributed by atoms with Crippen molar-refractivity contribution in [3.8, 4) is 6.07 Å². The van der Waals surface area contributed by atoms with E-state index in [1.165, 1.54) is 5.56 Å². The minimum atomic E-state index is 0.118. The summed E-state index contributed by atoms with van der Waals surface area (Å²) >= 11 is 1.56. The van der Waals surface area contributed by atoms with Crippen molar-refractivity contribution in [2.24, 2.45) is 0 Å². The molecule has 0 bridgehead atoms. The normalized spacial score (nSPS) is 10.7. The summed E-state index contributed by atoms with van der Waals surface area (Å²) in [5.74, 6) is 0.530. The van der Waals surface area contributed by atoms with Crippen LogP contribution < -0.4 is 0 Å². The van der Waals surface area contributed by atoms with Crippen molar-refractivity contribution >= 4 is 28.4 Å². The number of benzene rings is 2. The average Bonchev–Trinajstić information content (AvgIpc) is 2.98. The lowest BCUT2D eigenvalue weighted by molar-refractivity contribution is 0.102. The molecule has 0 aliphatic rings. The zero-order valence-electron chi connectivity index (χ0n) is 13.5. The lowest BCUT2D eigenvalue weighted by Gasteiger charge is -2.01. The van der Waals surface area contributed by atoms with Gasteiger partial charge in [0.15, 0.2) is 5.78 Å². The van der Waals surface area contributed by atoms with Crippen LogP contribution in [0.2, 0.25) is 0 Å². The third-order valence-electron chi connectivity index (χ3n) is 3.94. The maximum absolute atomic E-state index is 12.7. The Balaban J connectivity index is 1.81. The number of aryl methyl sites for hydroxylation is 2. The van der Waals surface area contributed by atoms with Crippen molar-refractivity contribution in [1.29, 1.82) is 5.26 Å². The van der Waals surface area contributed by atoms with Crippen LogP contribution in [-0.4, -0.2) is 16.1 Å². The Morgan fingerprint density at radius 3 is 2.67 bits per heavy atom. The maximum atomic E-state index is 12.7. The molecular weight excluding hydrogens is 316 g/mol. The fourth-order valence-corrected chi connectivity index (χ4v) is 3.47. The molecule has 0 amide bonds. The molecule has 1 heterocycles. The molecule has 3 nitrogen and oxygen atoms in total. The first-order valence-electron chi connectivity index (χ1n) is 7.86. The summed E-state index contributed by atoms with van der Waals surface area (Å²) in [6.45, 7) is 2.66. The third-order valence-corrected chi connectivity index (χ3v) is 4.96. The van der Waals surface area contributed by atoms with E-state index in [4.69, 9.17) is 5.26 Å². The number of nitrogens with zero attached hydrogens (tertiary/aromatic N) is 2. The number of thioether (sulfide) groups is 1. The summed E-state index contributed by atoms with van der Waals surface area (Å²) in [6.07, 6.45) is 2.32. The molecule has 0 saturated heterocycles. The first kappa shape index (κ1) is 16.4. The molecule has 0 fully saturated rings. The molecule has 24 heavy (non-hydrogen) atoms. The van der Waals surface area contributed by atoms with E-state index in [-0.39, 0.29) is 5.78 Å². The molecule has 0 aliphatic heterocycles. The number of ketones is 1. The molecule has 3 aromatic rings. The van der Waals surface area contributed by atoms with Crippen LogP contribution >= 0.6 is 11.8 Å². The quantitative estimate of drug-likeness (QED) is 0.479. The number of hydrogen-bond acceptors (Lipinski definition) is 3. The van der Waals surface area contributed by atoms with Gasteiger partial charge in [-0.15, -0.1) is 11.8 Å². The predicted octanol–water partition coefficient (Wildman–Crippen LogP) is 4.84. The number of para-hydroxylation sites is 1. The van der Waals surface area contributed by atoms with Gasteiger partial charge in [-0.25, -0.2) is 0 Å². The lowest BCUT2D eigenvalue weighted by atomic mass is 10.1. The Kier molecular flexibility index (Phi) is 5.02. The first-order chi connectivity index (χ1) is 11.7. The van der Waals surface area contributed by atoms with Crippen molar-refractivity contribution < 1.29 is 4.79 Å². The summed E-state index contributed by atoms with van der Waals surface area (Å²) in [6, 6.07) is 18.2. The molecule has 0 aliphatic carbocycles. The van der Waals surface area contributed by atoms with E-state index in [9.17, 15) is 4.79 Å². The van der Waals surface area contributed by atoms with E-state index in [1.54, 1.807) is 11.8 Å². The molecule has 120 valence electrons. The van der Waals surface area contributed by atoms with Crippen LogP contribution in [0.25, 0.3) is 10.9 Å². The zero-order valence-corrected chi connectivity index (χ0v) is 14.3. The molecule has 3 rings (SSSR count). The van der Waals surface area contributed by atoms with E-state index >= 15 is 0 Å². The molecule has 0 saturated carbocycles. The van der Waals surface area contributed by atoms with Gasteiger partial charge in [-0.2, -0.15) is 5.26 Å². The smallest absolute Gasteiger partial charge is 0.175 e. The van der Waals surface area contributed by atoms with Crippen molar-refractivity contribution in [3.63, 3.8) is 0 Å². The molecule has 0 atom stereocenters. The molecular formula is C20H18N2OS. The fourth-order valence-electron chi connectivity index (χ4n) is 2.69. The van der Waals surface area contributed by atoms with Crippen LogP contribution in [0.3, 0.4) is 0 Å². The topological polar surface area (TPSA) is 45.8 Å². The van der Waals surface area contributed by atoms with Gasteiger partial charge >= 0.3 is 0 Å². The molecule has 4 heteroatoms. The number of Topliss-reactive ketones (excluding diaryl/α,β-unsaturated/α-hetero) is 1. The Labute approximate surface area is 145 Å². The molecule has 0 N–H and O–H groups in total. The van der Waals surface area contributed by atoms with Crippen LogP contribution in [0, 0.1) is 18.3 Å². The monoisotopic (exact) mass is 334 g/mol. The van der Waals surface area contributed by atoms with Gasteiger partial charge in [0.25, 0.3) is 0 Å². The number of carbonyl (C=O) groups is 1. The third kappa shape index (κ3) is 3.52. The maximum Gasteiger partial charge on any atom is 0.175 e. The van der Waals surface area contributed by atoms with Crippen molar-refractivity contribution in [2.45, 2.75) is 24.8 Å². The second-order valence-electron chi connectivity index (χ2n) is 5.69. The Hall–Kier alpha value is -2.51. The Morgan fingerprint density at radius 1 is 1.17 bits per heavy atom. The second-order valence-corrected chi connectivity index (χ2v) is 6.74. The van der Waals surface area contributed by atoms with Crippen molar-refractivity contribution in [2.75, 3.05) is 5.75 Å². The van der Waals surface area contributed by atoms with Crippen molar-refractivity contribution in [1.82, 2.24) is 4.57 Å². The summed E-state index contributed by atoms with van der Waals surface area (Å²) < 4.78 is 2.00. The van der Waals surface area contributed by atoms with Gasteiger partial charge in [0.1, 0.15) is 0 Å². The lowest BCUT2D eigenvalue weighted by Crippen LogP contribution is -2.02. The van der Waals surface area contributed by atoms with Crippen LogP contribution in [0.15, 0.2) is 59.6 Å². The van der Waals surface area contributed by atoms with Crippen LogP contribution in [-0.2, 0) is 6.54 Å². The number of fused-ring (bicyclic) bond motifs is 1. The minimum absolute atomic E-state index is 0.118. The van der Waals surface area contributed by atoms with Gasteiger partial charge in [-0.3, -0.25) is 4.79 Å². The van der Waals surface area contributed by atoms with Crippen LogP contribution in [0.5, 0.6) is 0 Å². The second kappa shape index (κ2) is 7.37. The minimum Gasteiger partial charge on any atom is -0.346 e. The molecule has 1 aromatic heterocycles. The molecule has 0 unspecified atom stereocenters. The van der Waals surface area contributed by atoms with Gasteiger partial charge in [0, 0.05) is 34.1 Å². The SMILES string of the molecule is Cc1ccc(SCC(=O)c2cn(CCC#N)c3ccccc23)cc1. The molecule has 0 radical (unpaired) electrons. The summed E-state index contributed by atoms with van der Waals surface area (Å²) in [7, 11) is 0. The van der Waals surface area contributed by atoms with Gasteiger partial charge < -0.3 is 4.57 Å². The van der Waals surface area contributed by atoms with E-state index in [1.807, 2.05) is 47.2 Å². The standard InChI is InChI=1S/C20H18N2OS/c1-15-7-9-16(10-8-15)24-14-20(23)18-13-22(12-4-11-21)19-6-3-2-5-17(18)19/h2-3,5-10,13H,4,12,14H2,1H3. The van der Waals surface area contributed by atoms with E-state index in [2.05, 4.69) is 25.1 Å². The summed E-state index contributed by atoms with van der Waals surface area (Å²) in [4.78, 5) is 13.8. The highest BCUT2D eigenvalue weighted by Gasteiger charge is 2.15. The van der Waals surface area contributed by atoms with Gasteiger partial charge in [0.2, 0.25) is 0 Å². The predicted molar refractivity (Wildman–Crippen MR) is 98.4 cm³/mol. The van der Waals surface area contributed by atoms with Crippen molar-refractivity contribution in [3.05, 3.63) is 65.9 Å². The molecule has 0 spiro atoms. The number of aromatic nitrogens is 1. The number of nitriles is 1. The van der Waals surface area contributed by atoms with E-state index in [0.29, 0.717) is 18.7 Å². The largest absolute Gasteiger partial charge is 0.346 e. The highest BCUT2D eigenvalue weighted by atomic mass is 32.2. The highest BCUT2D eigenvalue weighted by molar-refractivity contribution is 8.00. The number of carbonyl (C=O) groups excluding carboxylic acids is 1. The van der Waals surface area contributed by atoms with Crippen LogP contribution in [0.4, 0.5) is 0 Å². The Morgan fingerprint density at radius 2 is 1.92 bits per heavy atom.